The van der Waals surface area contributed by atoms with Crippen LogP contribution in [0.1, 0.15) is 11.1 Å². The molecule has 110 valence electrons. The molecule has 0 fully saturated rings. The number of benzene rings is 1. The van der Waals surface area contributed by atoms with Crippen LogP contribution in [-0.2, 0) is 0 Å². The van der Waals surface area contributed by atoms with Crippen molar-refractivity contribution in [3.05, 3.63) is 39.9 Å². The molecule has 0 unspecified atom stereocenters. The molecule has 0 radical (unpaired) electrons. The van der Waals surface area contributed by atoms with E-state index in [1.807, 2.05) is 18.2 Å². The maximum atomic E-state index is 9.50. The summed E-state index contributed by atoms with van der Waals surface area (Å²) in [6.45, 7) is -0.0370. The highest BCUT2D eigenvalue weighted by atomic mass is 79.9. The van der Waals surface area contributed by atoms with Crippen molar-refractivity contribution < 1.29 is 5.11 Å². The summed E-state index contributed by atoms with van der Waals surface area (Å²) < 4.78 is 0.894. The lowest BCUT2D eigenvalue weighted by Crippen LogP contribution is -2.04. The van der Waals surface area contributed by atoms with E-state index in [2.05, 4.69) is 27.0 Å². The van der Waals surface area contributed by atoms with Crippen LogP contribution in [0.5, 0.6) is 0 Å². The number of anilines is 1. The monoisotopic (exact) mass is 374 g/mol. The molecule has 0 saturated carbocycles. The van der Waals surface area contributed by atoms with Gasteiger partial charge in [-0.15, -0.1) is 11.8 Å². The first-order chi connectivity index (χ1) is 10.6. The number of hydrogen-bond acceptors (Lipinski definition) is 6. The number of halogens is 1. The van der Waals surface area contributed by atoms with Gasteiger partial charge in [-0.25, -0.2) is 4.98 Å². The largest absolute Gasteiger partial charge is 0.396 e. The number of nitrogens with zero attached hydrogens (tertiary/aromatic N) is 3. The van der Waals surface area contributed by atoms with Crippen LogP contribution in [0.3, 0.4) is 0 Å². The summed E-state index contributed by atoms with van der Waals surface area (Å²) in [5.41, 5.74) is 7.55. The molecule has 0 amide bonds. The maximum Gasteiger partial charge on any atom is 0.143 e. The lowest BCUT2D eigenvalue weighted by atomic mass is 9.97. The summed E-state index contributed by atoms with van der Waals surface area (Å²) >= 11 is 4.59. The second kappa shape index (κ2) is 7.28. The Bertz CT molecular complexity index is 778. The lowest BCUT2D eigenvalue weighted by molar-refractivity contribution is 0.322. The molecule has 5 nitrogen and oxygen atoms in total. The van der Waals surface area contributed by atoms with Crippen LogP contribution in [0, 0.1) is 22.7 Å². The number of aliphatic hydroxyl groups is 1. The zero-order valence-electron chi connectivity index (χ0n) is 11.4. The molecule has 0 atom stereocenters. The van der Waals surface area contributed by atoms with Crippen molar-refractivity contribution in [3.8, 4) is 23.3 Å². The SMILES string of the molecule is N#Cc1c(N)nc(SCCO)c(C#N)c1-c1ccc(Br)cc1. The molecule has 0 bridgehead atoms. The van der Waals surface area contributed by atoms with Gasteiger partial charge in [0.2, 0.25) is 0 Å². The van der Waals surface area contributed by atoms with Crippen LogP contribution in [0.4, 0.5) is 5.82 Å². The number of nitriles is 2. The molecule has 2 aromatic rings. The van der Waals surface area contributed by atoms with Gasteiger partial charge < -0.3 is 10.8 Å². The van der Waals surface area contributed by atoms with E-state index in [-0.39, 0.29) is 18.0 Å². The standard InChI is InChI=1S/C15H11BrN4OS/c16-10-3-1-9(2-4-10)13-11(7-17)14(19)20-15(12(13)8-18)22-6-5-21/h1-4,21H,5-6H2,(H2,19,20). The van der Waals surface area contributed by atoms with Crippen molar-refractivity contribution in [3.63, 3.8) is 0 Å². The van der Waals surface area contributed by atoms with E-state index in [0.29, 0.717) is 21.9 Å². The fourth-order valence-electron chi connectivity index (χ4n) is 1.95. The van der Waals surface area contributed by atoms with Gasteiger partial charge >= 0.3 is 0 Å². The Morgan fingerprint density at radius 3 is 2.36 bits per heavy atom. The Balaban J connectivity index is 2.73. The average Bonchev–Trinajstić information content (AvgIpc) is 2.53. The van der Waals surface area contributed by atoms with Crippen LogP contribution in [-0.4, -0.2) is 22.5 Å². The van der Waals surface area contributed by atoms with Gasteiger partial charge in [0.15, 0.2) is 0 Å². The topological polar surface area (TPSA) is 107 Å². The van der Waals surface area contributed by atoms with Gasteiger partial charge in [0.1, 0.15) is 28.5 Å². The number of thioether (sulfide) groups is 1. The van der Waals surface area contributed by atoms with E-state index in [9.17, 15) is 10.5 Å². The number of hydrogen-bond donors (Lipinski definition) is 2. The number of nitrogen functional groups attached to an aromatic ring is 1. The summed E-state index contributed by atoms with van der Waals surface area (Å²) in [5.74, 6) is 0.479. The summed E-state index contributed by atoms with van der Waals surface area (Å²) in [6.07, 6.45) is 0. The molecule has 22 heavy (non-hydrogen) atoms. The second-order valence-corrected chi connectivity index (χ2v) is 6.23. The van der Waals surface area contributed by atoms with Crippen molar-refractivity contribution in [1.82, 2.24) is 4.98 Å². The highest BCUT2D eigenvalue weighted by molar-refractivity contribution is 9.10. The van der Waals surface area contributed by atoms with Gasteiger partial charge in [0.25, 0.3) is 0 Å². The zero-order valence-corrected chi connectivity index (χ0v) is 13.8. The van der Waals surface area contributed by atoms with Crippen molar-refractivity contribution in [2.24, 2.45) is 0 Å². The minimum Gasteiger partial charge on any atom is -0.396 e. The van der Waals surface area contributed by atoms with E-state index >= 15 is 0 Å². The molecule has 0 saturated heterocycles. The van der Waals surface area contributed by atoms with Crippen LogP contribution >= 0.6 is 27.7 Å². The molecular weight excluding hydrogens is 364 g/mol. The van der Waals surface area contributed by atoms with Crippen LogP contribution in [0.25, 0.3) is 11.1 Å². The molecule has 3 N–H and O–H groups in total. The number of aromatic nitrogens is 1. The Labute approximate surface area is 140 Å². The highest BCUT2D eigenvalue weighted by Crippen LogP contribution is 2.35. The maximum absolute atomic E-state index is 9.50. The molecule has 1 aromatic carbocycles. The molecule has 0 aliphatic heterocycles. The van der Waals surface area contributed by atoms with E-state index in [1.165, 1.54) is 11.8 Å². The molecule has 0 aliphatic rings. The smallest absolute Gasteiger partial charge is 0.143 e. The Kier molecular flexibility index (Phi) is 5.40. The number of aliphatic hydroxyl groups excluding tert-OH is 1. The van der Waals surface area contributed by atoms with Gasteiger partial charge in [-0.3, -0.25) is 0 Å². The third-order valence-corrected chi connectivity index (χ3v) is 4.36. The second-order valence-electron chi connectivity index (χ2n) is 4.23. The van der Waals surface area contributed by atoms with Crippen molar-refractivity contribution >= 4 is 33.5 Å². The van der Waals surface area contributed by atoms with Crippen LogP contribution in [0.2, 0.25) is 0 Å². The van der Waals surface area contributed by atoms with Crippen LogP contribution in [0.15, 0.2) is 33.8 Å². The van der Waals surface area contributed by atoms with Gasteiger partial charge in [0, 0.05) is 15.8 Å². The number of rotatable bonds is 4. The minimum absolute atomic E-state index is 0.0370. The first-order valence-corrected chi connectivity index (χ1v) is 8.03. The molecule has 1 heterocycles. The molecule has 2 rings (SSSR count). The van der Waals surface area contributed by atoms with Gasteiger partial charge in [-0.05, 0) is 17.7 Å². The fourth-order valence-corrected chi connectivity index (χ4v) is 2.95. The average molecular weight is 375 g/mol. The Morgan fingerprint density at radius 2 is 1.82 bits per heavy atom. The van der Waals surface area contributed by atoms with E-state index in [1.54, 1.807) is 12.1 Å². The summed E-state index contributed by atoms with van der Waals surface area (Å²) in [7, 11) is 0. The Hall–Kier alpha value is -2.06. The minimum atomic E-state index is -0.0370. The van der Waals surface area contributed by atoms with Gasteiger partial charge in [-0.1, -0.05) is 28.1 Å². The fraction of sp³-hybridized carbons (Fsp3) is 0.133. The van der Waals surface area contributed by atoms with Gasteiger partial charge in [-0.2, -0.15) is 10.5 Å². The van der Waals surface area contributed by atoms with Crippen LogP contribution < -0.4 is 5.73 Å². The quantitative estimate of drug-likeness (QED) is 0.796. The van der Waals surface area contributed by atoms with Gasteiger partial charge in [0.05, 0.1) is 12.2 Å². The predicted octanol–water partition coefficient (Wildman–Crippen LogP) is 2.92. The predicted molar refractivity (Wildman–Crippen MR) is 89.0 cm³/mol. The summed E-state index contributed by atoms with van der Waals surface area (Å²) in [5, 5.41) is 28.2. The van der Waals surface area contributed by atoms with E-state index in [4.69, 9.17) is 10.8 Å². The summed E-state index contributed by atoms with van der Waals surface area (Å²) in [4.78, 5) is 4.13. The zero-order chi connectivity index (χ0) is 16.1. The molecule has 1 aromatic heterocycles. The Morgan fingerprint density at radius 1 is 1.18 bits per heavy atom. The van der Waals surface area contributed by atoms with E-state index < -0.39 is 0 Å². The van der Waals surface area contributed by atoms with E-state index in [0.717, 1.165) is 10.0 Å². The third-order valence-electron chi connectivity index (χ3n) is 2.88. The summed E-state index contributed by atoms with van der Waals surface area (Å²) in [6, 6.07) is 11.4. The van der Waals surface area contributed by atoms with Crippen molar-refractivity contribution in [1.29, 1.82) is 10.5 Å². The number of pyridine rings is 1. The molecular formula is C15H11BrN4OS. The van der Waals surface area contributed by atoms with Crippen molar-refractivity contribution in [2.75, 3.05) is 18.1 Å². The molecule has 0 spiro atoms. The first kappa shape index (κ1) is 16.3. The molecule has 7 heteroatoms. The number of nitrogens with two attached hydrogens (primary N) is 1. The highest BCUT2D eigenvalue weighted by Gasteiger charge is 2.20. The normalized spacial score (nSPS) is 10.0. The van der Waals surface area contributed by atoms with Crippen molar-refractivity contribution in [2.45, 2.75) is 5.03 Å². The third kappa shape index (κ3) is 3.23. The first-order valence-electron chi connectivity index (χ1n) is 6.25. The molecule has 0 aliphatic carbocycles. The lowest BCUT2D eigenvalue weighted by Gasteiger charge is -2.12.